The van der Waals surface area contributed by atoms with Gasteiger partial charge < -0.3 is 0 Å². The number of benzene rings is 2. The SMILES string of the molecule is CCCCc1ccc(C2CCC(/C=C/C#Cc3ccc(Cl)cc3)CC2)cc1. The second-order valence-corrected chi connectivity index (χ2v) is 8.03. The van der Waals surface area contributed by atoms with Crippen LogP contribution in [0.3, 0.4) is 0 Å². The topological polar surface area (TPSA) is 0 Å². The van der Waals surface area contributed by atoms with Crippen LogP contribution in [-0.2, 0) is 6.42 Å². The summed E-state index contributed by atoms with van der Waals surface area (Å²) >= 11 is 5.90. The Morgan fingerprint density at radius 1 is 0.963 bits per heavy atom. The van der Waals surface area contributed by atoms with Crippen LogP contribution in [0, 0.1) is 17.8 Å². The van der Waals surface area contributed by atoms with Crippen LogP contribution in [0.1, 0.15) is 68.1 Å². The summed E-state index contributed by atoms with van der Waals surface area (Å²) in [6, 6.07) is 17.1. The van der Waals surface area contributed by atoms with Crippen LogP contribution < -0.4 is 0 Å². The Hall–Kier alpha value is -1.97. The molecule has 1 fully saturated rings. The predicted octanol–water partition coefficient (Wildman–Crippen LogP) is 7.56. The van der Waals surface area contributed by atoms with Crippen molar-refractivity contribution >= 4 is 11.6 Å². The maximum Gasteiger partial charge on any atom is 0.0406 e. The lowest BCUT2D eigenvalue weighted by Gasteiger charge is -2.27. The van der Waals surface area contributed by atoms with Gasteiger partial charge in [-0.2, -0.15) is 0 Å². The van der Waals surface area contributed by atoms with Crippen molar-refractivity contribution in [2.24, 2.45) is 5.92 Å². The largest absolute Gasteiger partial charge is 0.0843 e. The van der Waals surface area contributed by atoms with Gasteiger partial charge in [-0.05, 0) is 91.8 Å². The van der Waals surface area contributed by atoms with Crippen LogP contribution in [0.25, 0.3) is 0 Å². The van der Waals surface area contributed by atoms with Gasteiger partial charge in [0.1, 0.15) is 0 Å². The number of aryl methyl sites for hydroxylation is 1. The van der Waals surface area contributed by atoms with Crippen molar-refractivity contribution in [3.63, 3.8) is 0 Å². The first-order valence-electron chi connectivity index (χ1n) is 10.3. The summed E-state index contributed by atoms with van der Waals surface area (Å²) < 4.78 is 0. The smallest absolute Gasteiger partial charge is 0.0406 e. The Kier molecular flexibility index (Phi) is 7.61. The average Bonchev–Trinajstić information content (AvgIpc) is 2.72. The highest BCUT2D eigenvalue weighted by atomic mass is 35.5. The van der Waals surface area contributed by atoms with E-state index in [0.29, 0.717) is 5.92 Å². The van der Waals surface area contributed by atoms with Gasteiger partial charge in [0.2, 0.25) is 0 Å². The Labute approximate surface area is 169 Å². The molecule has 140 valence electrons. The van der Waals surface area contributed by atoms with E-state index in [-0.39, 0.29) is 0 Å². The fourth-order valence-corrected chi connectivity index (χ4v) is 3.95. The van der Waals surface area contributed by atoms with Crippen molar-refractivity contribution < 1.29 is 0 Å². The standard InChI is InChI=1S/C26H29Cl/c1-2-3-6-21-9-15-24(16-10-21)25-17-11-22(12-18-25)7-4-5-8-23-13-19-26(27)20-14-23/h4,7,9-10,13-16,19-20,22,25H,2-3,6,11-12,17-18H2,1H3/b7-4+. The predicted molar refractivity (Wildman–Crippen MR) is 117 cm³/mol. The lowest BCUT2D eigenvalue weighted by Crippen LogP contribution is -2.11. The summed E-state index contributed by atoms with van der Waals surface area (Å²) in [4.78, 5) is 0. The van der Waals surface area contributed by atoms with E-state index < -0.39 is 0 Å². The first kappa shape index (κ1) is 19.8. The van der Waals surface area contributed by atoms with Gasteiger partial charge in [-0.1, -0.05) is 67.1 Å². The quantitative estimate of drug-likeness (QED) is 0.472. The molecule has 0 spiro atoms. The van der Waals surface area contributed by atoms with Crippen molar-refractivity contribution in [3.05, 3.63) is 82.4 Å². The summed E-state index contributed by atoms with van der Waals surface area (Å²) in [5, 5.41) is 0.753. The van der Waals surface area contributed by atoms with Gasteiger partial charge >= 0.3 is 0 Å². The molecule has 0 bridgehead atoms. The van der Waals surface area contributed by atoms with Crippen LogP contribution in [0.4, 0.5) is 0 Å². The van der Waals surface area contributed by atoms with E-state index in [9.17, 15) is 0 Å². The summed E-state index contributed by atoms with van der Waals surface area (Å²) in [5.74, 6) is 7.73. The highest BCUT2D eigenvalue weighted by molar-refractivity contribution is 6.30. The van der Waals surface area contributed by atoms with Crippen LogP contribution >= 0.6 is 11.6 Å². The molecule has 1 aliphatic carbocycles. The lowest BCUT2D eigenvalue weighted by molar-refractivity contribution is 0.376. The summed E-state index contributed by atoms with van der Waals surface area (Å²) in [5.41, 5.74) is 4.02. The molecule has 1 heteroatoms. The first-order chi connectivity index (χ1) is 13.2. The minimum Gasteiger partial charge on any atom is -0.0843 e. The van der Waals surface area contributed by atoms with Crippen LogP contribution in [-0.4, -0.2) is 0 Å². The Morgan fingerprint density at radius 3 is 2.33 bits per heavy atom. The Balaban J connectivity index is 1.46. The van der Waals surface area contributed by atoms with Crippen LogP contribution in [0.15, 0.2) is 60.7 Å². The molecular formula is C26H29Cl. The maximum atomic E-state index is 5.90. The zero-order chi connectivity index (χ0) is 18.9. The molecule has 2 aromatic carbocycles. The maximum absolute atomic E-state index is 5.90. The third-order valence-electron chi connectivity index (χ3n) is 5.55. The monoisotopic (exact) mass is 376 g/mol. The first-order valence-corrected chi connectivity index (χ1v) is 10.6. The second-order valence-electron chi connectivity index (χ2n) is 7.59. The van der Waals surface area contributed by atoms with E-state index >= 15 is 0 Å². The molecule has 0 nitrogen and oxygen atoms in total. The molecule has 0 aliphatic heterocycles. The summed E-state index contributed by atoms with van der Waals surface area (Å²) in [6.07, 6.45) is 13.2. The molecule has 0 radical (unpaired) electrons. The van der Waals surface area contributed by atoms with Gasteiger partial charge in [-0.3, -0.25) is 0 Å². The van der Waals surface area contributed by atoms with Gasteiger partial charge in [0, 0.05) is 10.6 Å². The highest BCUT2D eigenvalue weighted by Crippen LogP contribution is 2.36. The van der Waals surface area contributed by atoms with Crippen molar-refractivity contribution in [3.8, 4) is 11.8 Å². The molecule has 2 aromatic rings. The lowest BCUT2D eigenvalue weighted by atomic mass is 9.78. The molecule has 1 saturated carbocycles. The van der Waals surface area contributed by atoms with Crippen LogP contribution in [0.2, 0.25) is 5.02 Å². The van der Waals surface area contributed by atoms with E-state index in [4.69, 9.17) is 11.6 Å². The molecule has 0 atom stereocenters. The summed E-state index contributed by atoms with van der Waals surface area (Å²) in [6.45, 7) is 2.25. The van der Waals surface area contributed by atoms with Crippen molar-refractivity contribution in [2.45, 2.75) is 57.8 Å². The number of hydrogen-bond acceptors (Lipinski definition) is 0. The Bertz CT molecular complexity index is 779. The molecule has 0 N–H and O–H groups in total. The van der Waals surface area contributed by atoms with Crippen molar-refractivity contribution in [1.29, 1.82) is 0 Å². The molecule has 0 heterocycles. The molecule has 0 amide bonds. The zero-order valence-electron chi connectivity index (χ0n) is 16.3. The highest BCUT2D eigenvalue weighted by Gasteiger charge is 2.20. The number of allylic oxidation sites excluding steroid dienone is 2. The third kappa shape index (κ3) is 6.30. The molecule has 0 aromatic heterocycles. The van der Waals surface area contributed by atoms with Crippen LogP contribution in [0.5, 0.6) is 0 Å². The van der Waals surface area contributed by atoms with Gasteiger partial charge in [0.25, 0.3) is 0 Å². The number of rotatable bonds is 5. The minimum absolute atomic E-state index is 0.671. The third-order valence-corrected chi connectivity index (χ3v) is 5.81. The molecule has 3 rings (SSSR count). The van der Waals surface area contributed by atoms with Gasteiger partial charge in [-0.15, -0.1) is 0 Å². The molecular weight excluding hydrogens is 348 g/mol. The zero-order valence-corrected chi connectivity index (χ0v) is 17.0. The second kappa shape index (κ2) is 10.4. The minimum atomic E-state index is 0.671. The number of hydrogen-bond donors (Lipinski definition) is 0. The molecule has 27 heavy (non-hydrogen) atoms. The van der Waals surface area contributed by atoms with Gasteiger partial charge in [0.15, 0.2) is 0 Å². The van der Waals surface area contributed by atoms with E-state index in [1.165, 1.54) is 56.1 Å². The normalized spacial score (nSPS) is 19.6. The van der Waals surface area contributed by atoms with E-state index in [1.807, 2.05) is 30.3 Å². The van der Waals surface area contributed by atoms with E-state index in [1.54, 1.807) is 0 Å². The van der Waals surface area contributed by atoms with E-state index in [0.717, 1.165) is 16.5 Å². The molecule has 1 aliphatic rings. The van der Waals surface area contributed by atoms with Gasteiger partial charge in [-0.25, -0.2) is 0 Å². The fraction of sp³-hybridized carbons (Fsp3) is 0.385. The van der Waals surface area contributed by atoms with Crippen molar-refractivity contribution in [1.82, 2.24) is 0 Å². The number of unbranched alkanes of at least 4 members (excludes halogenated alkanes) is 1. The fourth-order valence-electron chi connectivity index (χ4n) is 3.82. The molecule has 0 unspecified atom stereocenters. The number of halogens is 1. The van der Waals surface area contributed by atoms with Crippen molar-refractivity contribution in [2.75, 3.05) is 0 Å². The van der Waals surface area contributed by atoms with E-state index in [2.05, 4.69) is 49.1 Å². The molecule has 0 saturated heterocycles. The summed E-state index contributed by atoms with van der Waals surface area (Å²) in [7, 11) is 0. The Morgan fingerprint density at radius 2 is 1.67 bits per heavy atom. The average molecular weight is 377 g/mol. The van der Waals surface area contributed by atoms with Gasteiger partial charge in [0.05, 0.1) is 0 Å².